The smallest absolute Gasteiger partial charge is 0.126 e. The second-order valence-corrected chi connectivity index (χ2v) is 4.04. The van der Waals surface area contributed by atoms with Crippen LogP contribution in [0, 0.1) is 11.7 Å². The molecule has 2 unspecified atom stereocenters. The maximum Gasteiger partial charge on any atom is 0.126 e. The quantitative estimate of drug-likeness (QED) is 0.786. The Morgan fingerprint density at radius 1 is 1.33 bits per heavy atom. The monoisotopic (exact) mass is 209 g/mol. The molecule has 0 aliphatic heterocycles. The maximum absolute atomic E-state index is 13.4. The van der Waals surface area contributed by atoms with Crippen molar-refractivity contribution in [2.24, 2.45) is 5.92 Å². The summed E-state index contributed by atoms with van der Waals surface area (Å²) in [4.78, 5) is 0. The van der Waals surface area contributed by atoms with Gasteiger partial charge in [0.15, 0.2) is 0 Å². The topological polar surface area (TPSA) is 12.0 Å². The van der Waals surface area contributed by atoms with E-state index < -0.39 is 0 Å². The molecule has 0 fully saturated rings. The van der Waals surface area contributed by atoms with Crippen LogP contribution in [0.3, 0.4) is 0 Å². The van der Waals surface area contributed by atoms with Gasteiger partial charge in [-0.15, -0.1) is 0 Å². The van der Waals surface area contributed by atoms with Gasteiger partial charge in [0.1, 0.15) is 5.82 Å². The van der Waals surface area contributed by atoms with Gasteiger partial charge in [0.25, 0.3) is 0 Å². The van der Waals surface area contributed by atoms with Crippen molar-refractivity contribution in [2.75, 3.05) is 7.05 Å². The van der Waals surface area contributed by atoms with E-state index >= 15 is 0 Å². The molecule has 0 aromatic heterocycles. The molecule has 2 heteroatoms. The van der Waals surface area contributed by atoms with E-state index in [1.54, 1.807) is 6.07 Å². The fraction of sp³-hybridized carbons (Fsp3) is 0.538. The lowest BCUT2D eigenvalue weighted by atomic mass is 9.91. The van der Waals surface area contributed by atoms with E-state index in [0.29, 0.717) is 12.0 Å². The van der Waals surface area contributed by atoms with E-state index in [4.69, 9.17) is 0 Å². The number of nitrogens with one attached hydrogen (secondary N) is 1. The molecule has 0 bridgehead atoms. The molecule has 0 saturated heterocycles. The molecule has 0 saturated carbocycles. The van der Waals surface area contributed by atoms with Crippen molar-refractivity contribution in [3.8, 4) is 0 Å². The van der Waals surface area contributed by atoms with Gasteiger partial charge in [-0.1, -0.05) is 31.5 Å². The van der Waals surface area contributed by atoms with Crippen molar-refractivity contribution in [2.45, 2.75) is 32.7 Å². The Kier molecular flexibility index (Phi) is 4.76. The zero-order valence-corrected chi connectivity index (χ0v) is 9.76. The van der Waals surface area contributed by atoms with E-state index in [1.165, 1.54) is 6.07 Å². The fourth-order valence-corrected chi connectivity index (χ4v) is 1.86. The molecule has 0 heterocycles. The highest BCUT2D eigenvalue weighted by molar-refractivity contribution is 5.18. The number of halogens is 1. The van der Waals surface area contributed by atoms with Crippen LogP contribution < -0.4 is 5.32 Å². The summed E-state index contributed by atoms with van der Waals surface area (Å²) in [6, 6.07) is 7.47. The molecule has 1 nitrogen and oxygen atoms in total. The van der Waals surface area contributed by atoms with E-state index in [9.17, 15) is 4.39 Å². The van der Waals surface area contributed by atoms with Gasteiger partial charge in [-0.2, -0.15) is 0 Å². The lowest BCUT2D eigenvalue weighted by Crippen LogP contribution is -2.31. The molecule has 0 amide bonds. The lowest BCUT2D eigenvalue weighted by Gasteiger charge is -2.22. The molecule has 0 radical (unpaired) electrons. The third-order valence-corrected chi connectivity index (χ3v) is 3.13. The van der Waals surface area contributed by atoms with Crippen molar-refractivity contribution in [3.63, 3.8) is 0 Å². The normalized spacial score (nSPS) is 14.9. The molecule has 0 aliphatic rings. The first-order chi connectivity index (χ1) is 7.19. The number of hydrogen-bond acceptors (Lipinski definition) is 1. The van der Waals surface area contributed by atoms with Gasteiger partial charge in [0.05, 0.1) is 0 Å². The molecule has 84 valence electrons. The highest BCUT2D eigenvalue weighted by Crippen LogP contribution is 2.18. The Bertz CT molecular complexity index is 298. The molecule has 1 aromatic carbocycles. The predicted molar refractivity (Wildman–Crippen MR) is 62.4 cm³/mol. The predicted octanol–water partition coefficient (Wildman–Crippen LogP) is 3.00. The van der Waals surface area contributed by atoms with Crippen LogP contribution >= 0.6 is 0 Å². The van der Waals surface area contributed by atoms with E-state index in [0.717, 1.165) is 18.4 Å². The Labute approximate surface area is 91.7 Å². The molecule has 2 atom stereocenters. The van der Waals surface area contributed by atoms with Crippen molar-refractivity contribution in [1.82, 2.24) is 5.32 Å². The Hall–Kier alpha value is -0.890. The summed E-state index contributed by atoms with van der Waals surface area (Å²) in [6.45, 7) is 4.30. The van der Waals surface area contributed by atoms with Crippen molar-refractivity contribution in [3.05, 3.63) is 35.6 Å². The Balaban J connectivity index is 2.71. The summed E-state index contributed by atoms with van der Waals surface area (Å²) >= 11 is 0. The minimum atomic E-state index is -0.0840. The zero-order valence-electron chi connectivity index (χ0n) is 9.76. The summed E-state index contributed by atoms with van der Waals surface area (Å²) in [6.07, 6.45) is 1.88. The van der Waals surface area contributed by atoms with E-state index in [1.807, 2.05) is 19.2 Å². The minimum Gasteiger partial charge on any atom is -0.317 e. The van der Waals surface area contributed by atoms with Crippen LogP contribution in [0.25, 0.3) is 0 Å². The zero-order chi connectivity index (χ0) is 11.3. The standard InChI is InChI=1S/C13H20FN/c1-4-11(10(2)15-3)9-12-7-5-6-8-13(12)14/h5-8,10-11,15H,4,9H2,1-3H3. The Morgan fingerprint density at radius 3 is 2.53 bits per heavy atom. The number of benzene rings is 1. The first-order valence-electron chi connectivity index (χ1n) is 5.59. The third kappa shape index (κ3) is 3.31. The average Bonchev–Trinajstić information content (AvgIpc) is 2.27. The number of hydrogen-bond donors (Lipinski definition) is 1. The molecule has 1 rings (SSSR count). The molecule has 0 spiro atoms. The summed E-state index contributed by atoms with van der Waals surface area (Å²) in [5.41, 5.74) is 0.825. The second-order valence-electron chi connectivity index (χ2n) is 4.04. The van der Waals surface area contributed by atoms with Crippen LogP contribution in [0.4, 0.5) is 4.39 Å². The summed E-state index contributed by atoms with van der Waals surface area (Å²) in [5.74, 6) is 0.408. The Morgan fingerprint density at radius 2 is 2.00 bits per heavy atom. The van der Waals surface area contributed by atoms with E-state index in [-0.39, 0.29) is 5.82 Å². The number of rotatable bonds is 5. The molecular formula is C13H20FN. The molecule has 15 heavy (non-hydrogen) atoms. The highest BCUT2D eigenvalue weighted by atomic mass is 19.1. The van der Waals surface area contributed by atoms with Gasteiger partial charge in [-0.05, 0) is 37.9 Å². The van der Waals surface area contributed by atoms with Crippen LogP contribution in [0.5, 0.6) is 0 Å². The first kappa shape index (κ1) is 12.2. The SMILES string of the molecule is CCC(Cc1ccccc1F)C(C)NC. The molecule has 0 aliphatic carbocycles. The van der Waals surface area contributed by atoms with E-state index in [2.05, 4.69) is 19.2 Å². The summed E-state index contributed by atoms with van der Waals surface area (Å²) in [5, 5.41) is 3.23. The molecular weight excluding hydrogens is 189 g/mol. The molecule has 1 aromatic rings. The van der Waals surface area contributed by atoms with Crippen LogP contribution in [0.15, 0.2) is 24.3 Å². The van der Waals surface area contributed by atoms with Gasteiger partial charge in [0.2, 0.25) is 0 Å². The minimum absolute atomic E-state index is 0.0840. The van der Waals surface area contributed by atoms with Crippen molar-refractivity contribution < 1.29 is 4.39 Å². The van der Waals surface area contributed by atoms with Crippen LogP contribution in [-0.4, -0.2) is 13.1 Å². The third-order valence-electron chi connectivity index (χ3n) is 3.13. The first-order valence-corrected chi connectivity index (χ1v) is 5.59. The van der Waals surface area contributed by atoms with Crippen LogP contribution in [0.2, 0.25) is 0 Å². The van der Waals surface area contributed by atoms with Crippen molar-refractivity contribution >= 4 is 0 Å². The summed E-state index contributed by atoms with van der Waals surface area (Å²) < 4.78 is 13.4. The fourth-order valence-electron chi connectivity index (χ4n) is 1.86. The second kappa shape index (κ2) is 5.86. The molecule has 1 N–H and O–H groups in total. The van der Waals surface area contributed by atoms with Gasteiger partial charge in [0, 0.05) is 6.04 Å². The largest absolute Gasteiger partial charge is 0.317 e. The van der Waals surface area contributed by atoms with Gasteiger partial charge < -0.3 is 5.32 Å². The van der Waals surface area contributed by atoms with Crippen molar-refractivity contribution in [1.29, 1.82) is 0 Å². The van der Waals surface area contributed by atoms with Gasteiger partial charge in [-0.25, -0.2) is 4.39 Å². The highest BCUT2D eigenvalue weighted by Gasteiger charge is 2.15. The van der Waals surface area contributed by atoms with Gasteiger partial charge >= 0.3 is 0 Å². The van der Waals surface area contributed by atoms with Crippen LogP contribution in [-0.2, 0) is 6.42 Å². The lowest BCUT2D eigenvalue weighted by molar-refractivity contribution is 0.376. The maximum atomic E-state index is 13.4. The average molecular weight is 209 g/mol. The van der Waals surface area contributed by atoms with Gasteiger partial charge in [-0.3, -0.25) is 0 Å². The van der Waals surface area contributed by atoms with Crippen LogP contribution in [0.1, 0.15) is 25.8 Å². The summed E-state index contributed by atoms with van der Waals surface area (Å²) in [7, 11) is 1.95.